The van der Waals surface area contributed by atoms with Crippen LogP contribution in [0, 0.1) is 12.7 Å². The van der Waals surface area contributed by atoms with Gasteiger partial charge in [-0.3, -0.25) is 9.78 Å². The summed E-state index contributed by atoms with van der Waals surface area (Å²) in [5.74, 6) is 0.0447. The van der Waals surface area contributed by atoms with Gasteiger partial charge in [0.15, 0.2) is 0 Å². The van der Waals surface area contributed by atoms with Gasteiger partial charge in [-0.15, -0.1) is 0 Å². The number of hydrogen-bond acceptors (Lipinski definition) is 4. The molecular formula is C24H25FN2O3. The minimum Gasteiger partial charge on any atom is -0.487 e. The molecule has 3 rings (SSSR count). The number of carbonyl (C=O) groups excluding carboxylic acids is 1. The summed E-state index contributed by atoms with van der Waals surface area (Å²) in [6, 6.07) is 15.9. The zero-order valence-electron chi connectivity index (χ0n) is 17.4. The Kier molecular flexibility index (Phi) is 7.14. The molecule has 1 heterocycles. The Bertz CT molecular complexity index is 991. The summed E-state index contributed by atoms with van der Waals surface area (Å²) in [5, 5.41) is 0. The maximum atomic E-state index is 13.2. The molecule has 0 aliphatic carbocycles. The lowest BCUT2D eigenvalue weighted by atomic mass is 10.1. The molecule has 0 unspecified atom stereocenters. The van der Waals surface area contributed by atoms with Gasteiger partial charge in [-0.2, -0.15) is 0 Å². The summed E-state index contributed by atoms with van der Waals surface area (Å²) in [6.45, 7) is 2.78. The van der Waals surface area contributed by atoms with Crippen LogP contribution in [0.25, 0.3) is 0 Å². The van der Waals surface area contributed by atoms with Gasteiger partial charge in [0.1, 0.15) is 18.2 Å². The molecule has 0 saturated carbocycles. The van der Waals surface area contributed by atoms with Crippen molar-refractivity contribution in [3.8, 4) is 5.75 Å². The van der Waals surface area contributed by atoms with E-state index in [1.807, 2.05) is 37.3 Å². The summed E-state index contributed by atoms with van der Waals surface area (Å²) in [5.41, 5.74) is 3.63. The lowest BCUT2D eigenvalue weighted by molar-refractivity contribution is 0.0778. The lowest BCUT2D eigenvalue weighted by Gasteiger charge is -2.21. The van der Waals surface area contributed by atoms with Crippen LogP contribution in [-0.2, 0) is 24.5 Å². The van der Waals surface area contributed by atoms with E-state index in [9.17, 15) is 9.18 Å². The molecule has 0 N–H and O–H groups in total. The molecule has 0 atom stereocenters. The molecule has 0 saturated heterocycles. The molecule has 0 bridgehead atoms. The Morgan fingerprint density at radius 3 is 2.40 bits per heavy atom. The third-order valence-corrected chi connectivity index (χ3v) is 4.74. The van der Waals surface area contributed by atoms with Gasteiger partial charge in [0.25, 0.3) is 5.91 Å². The molecule has 5 nitrogen and oxygen atoms in total. The van der Waals surface area contributed by atoms with Crippen LogP contribution in [-0.4, -0.2) is 29.9 Å². The Labute approximate surface area is 176 Å². The summed E-state index contributed by atoms with van der Waals surface area (Å²) in [6.07, 6.45) is 1.56. The van der Waals surface area contributed by atoms with Crippen molar-refractivity contribution < 1.29 is 18.7 Å². The predicted molar refractivity (Wildman–Crippen MR) is 113 cm³/mol. The largest absolute Gasteiger partial charge is 0.487 e. The summed E-state index contributed by atoms with van der Waals surface area (Å²) < 4.78 is 24.6. The second-order valence-electron chi connectivity index (χ2n) is 7.06. The minimum atomic E-state index is -0.307. The fraction of sp³-hybridized carbons (Fsp3) is 0.250. The van der Waals surface area contributed by atoms with Crippen LogP contribution in [0.3, 0.4) is 0 Å². The van der Waals surface area contributed by atoms with E-state index < -0.39 is 0 Å². The molecule has 0 fully saturated rings. The van der Waals surface area contributed by atoms with E-state index >= 15 is 0 Å². The SMILES string of the molecule is COCc1c(C(=O)N(C)Cc2ccc(F)cc2)cnc(C)c1OCc1ccccc1. The van der Waals surface area contributed by atoms with E-state index in [1.165, 1.54) is 12.1 Å². The Hall–Kier alpha value is -3.25. The predicted octanol–water partition coefficient (Wildman–Crippen LogP) is 4.53. The van der Waals surface area contributed by atoms with Crippen LogP contribution < -0.4 is 4.74 Å². The number of nitrogens with zero attached hydrogens (tertiary/aromatic N) is 2. The number of pyridine rings is 1. The number of methoxy groups -OCH3 is 1. The third-order valence-electron chi connectivity index (χ3n) is 4.74. The Balaban J connectivity index is 1.85. The molecule has 6 heteroatoms. The van der Waals surface area contributed by atoms with Crippen molar-refractivity contribution in [1.29, 1.82) is 0 Å². The van der Waals surface area contributed by atoms with Crippen LogP contribution in [0.2, 0.25) is 0 Å². The second-order valence-corrected chi connectivity index (χ2v) is 7.06. The van der Waals surface area contributed by atoms with E-state index in [-0.39, 0.29) is 18.3 Å². The van der Waals surface area contributed by atoms with Crippen molar-refractivity contribution >= 4 is 5.91 Å². The molecule has 2 aromatic carbocycles. The number of benzene rings is 2. The maximum absolute atomic E-state index is 13.2. The monoisotopic (exact) mass is 408 g/mol. The molecule has 0 aliphatic heterocycles. The number of ether oxygens (including phenoxy) is 2. The van der Waals surface area contributed by atoms with Gasteiger partial charge in [-0.1, -0.05) is 42.5 Å². The second kappa shape index (κ2) is 9.98. The number of amides is 1. The fourth-order valence-corrected chi connectivity index (χ4v) is 3.17. The zero-order chi connectivity index (χ0) is 21.5. The first-order valence-electron chi connectivity index (χ1n) is 9.63. The molecule has 30 heavy (non-hydrogen) atoms. The number of aromatic nitrogens is 1. The normalized spacial score (nSPS) is 10.7. The molecular weight excluding hydrogens is 383 g/mol. The standard InChI is InChI=1S/C24H25FN2O3/c1-17-23(30-15-19-7-5-4-6-8-19)22(16-29-3)21(13-26-17)24(28)27(2)14-18-9-11-20(25)12-10-18/h4-13H,14-16H2,1-3H3. The highest BCUT2D eigenvalue weighted by molar-refractivity contribution is 5.96. The van der Waals surface area contributed by atoms with E-state index in [2.05, 4.69) is 4.98 Å². The van der Waals surface area contributed by atoms with Gasteiger partial charge in [0.05, 0.1) is 17.9 Å². The number of rotatable bonds is 8. The van der Waals surface area contributed by atoms with E-state index in [1.54, 1.807) is 37.4 Å². The highest BCUT2D eigenvalue weighted by atomic mass is 19.1. The highest BCUT2D eigenvalue weighted by Crippen LogP contribution is 2.28. The Morgan fingerprint density at radius 2 is 1.73 bits per heavy atom. The minimum absolute atomic E-state index is 0.205. The maximum Gasteiger partial charge on any atom is 0.255 e. The number of halogens is 1. The Morgan fingerprint density at radius 1 is 1.03 bits per heavy atom. The first-order chi connectivity index (χ1) is 14.5. The summed E-state index contributed by atoms with van der Waals surface area (Å²) in [7, 11) is 3.28. The van der Waals surface area contributed by atoms with Gasteiger partial charge in [0.2, 0.25) is 0 Å². The fourth-order valence-electron chi connectivity index (χ4n) is 3.17. The van der Waals surface area contributed by atoms with Crippen molar-refractivity contribution in [2.24, 2.45) is 0 Å². The van der Waals surface area contributed by atoms with Crippen LogP contribution in [0.4, 0.5) is 4.39 Å². The molecule has 1 aromatic heterocycles. The molecule has 1 amide bonds. The van der Waals surface area contributed by atoms with Crippen LogP contribution >= 0.6 is 0 Å². The smallest absolute Gasteiger partial charge is 0.255 e. The van der Waals surface area contributed by atoms with E-state index in [0.717, 1.165) is 11.1 Å². The van der Waals surface area contributed by atoms with Crippen molar-refractivity contribution in [1.82, 2.24) is 9.88 Å². The number of aryl methyl sites for hydroxylation is 1. The van der Waals surface area contributed by atoms with Crippen molar-refractivity contribution in [3.63, 3.8) is 0 Å². The van der Waals surface area contributed by atoms with Gasteiger partial charge in [-0.05, 0) is 30.2 Å². The topological polar surface area (TPSA) is 51.7 Å². The van der Waals surface area contributed by atoms with Crippen LogP contribution in [0.1, 0.15) is 32.7 Å². The van der Waals surface area contributed by atoms with Crippen LogP contribution in [0.15, 0.2) is 60.8 Å². The van der Waals surface area contributed by atoms with E-state index in [0.29, 0.717) is 35.7 Å². The van der Waals surface area contributed by atoms with Gasteiger partial charge in [0, 0.05) is 32.5 Å². The quantitative estimate of drug-likeness (QED) is 0.550. The average Bonchev–Trinajstić information content (AvgIpc) is 2.75. The average molecular weight is 408 g/mol. The molecule has 156 valence electrons. The molecule has 3 aromatic rings. The highest BCUT2D eigenvalue weighted by Gasteiger charge is 2.22. The summed E-state index contributed by atoms with van der Waals surface area (Å²) in [4.78, 5) is 19.1. The first kappa shape index (κ1) is 21.5. The molecule has 0 aliphatic rings. The van der Waals surface area contributed by atoms with Gasteiger partial charge < -0.3 is 14.4 Å². The van der Waals surface area contributed by atoms with Gasteiger partial charge in [-0.25, -0.2) is 4.39 Å². The van der Waals surface area contributed by atoms with E-state index in [4.69, 9.17) is 9.47 Å². The third kappa shape index (κ3) is 5.21. The zero-order valence-corrected chi connectivity index (χ0v) is 17.4. The van der Waals surface area contributed by atoms with Gasteiger partial charge >= 0.3 is 0 Å². The van der Waals surface area contributed by atoms with Crippen molar-refractivity contribution in [3.05, 3.63) is 94.6 Å². The molecule has 0 radical (unpaired) electrons. The number of hydrogen-bond donors (Lipinski definition) is 0. The lowest BCUT2D eigenvalue weighted by Crippen LogP contribution is -2.28. The van der Waals surface area contributed by atoms with Crippen LogP contribution in [0.5, 0.6) is 5.75 Å². The first-order valence-corrected chi connectivity index (χ1v) is 9.63. The summed E-state index contributed by atoms with van der Waals surface area (Å²) >= 11 is 0. The molecule has 0 spiro atoms. The van der Waals surface area contributed by atoms with Crippen molar-refractivity contribution in [2.45, 2.75) is 26.7 Å². The number of carbonyl (C=O) groups is 1. The van der Waals surface area contributed by atoms with Crippen molar-refractivity contribution in [2.75, 3.05) is 14.2 Å².